The van der Waals surface area contributed by atoms with Crippen molar-refractivity contribution >= 4 is 11.9 Å². The zero-order chi connectivity index (χ0) is 12.1. The monoisotopic (exact) mass is 216 g/mol. The fourth-order valence-corrected chi connectivity index (χ4v) is 1.39. The molecule has 2 unspecified atom stereocenters. The SMILES string of the molecule is CCOC(=O)C(C)(CC(C)CC)C(=O)O. The molecule has 4 nitrogen and oxygen atoms in total. The quantitative estimate of drug-likeness (QED) is 0.545. The second-order valence-electron chi connectivity index (χ2n) is 4.08. The highest BCUT2D eigenvalue weighted by atomic mass is 16.5. The molecular weight excluding hydrogens is 196 g/mol. The summed E-state index contributed by atoms with van der Waals surface area (Å²) in [5.41, 5.74) is -1.41. The van der Waals surface area contributed by atoms with Gasteiger partial charge in [0.25, 0.3) is 0 Å². The van der Waals surface area contributed by atoms with Crippen LogP contribution in [0.4, 0.5) is 0 Å². The maximum Gasteiger partial charge on any atom is 0.323 e. The second-order valence-corrected chi connectivity index (χ2v) is 4.08. The van der Waals surface area contributed by atoms with Crippen LogP contribution in [0.15, 0.2) is 0 Å². The van der Waals surface area contributed by atoms with Gasteiger partial charge in [0, 0.05) is 0 Å². The van der Waals surface area contributed by atoms with E-state index in [1.165, 1.54) is 6.92 Å². The lowest BCUT2D eigenvalue weighted by Crippen LogP contribution is -2.39. The van der Waals surface area contributed by atoms with Gasteiger partial charge in [0.15, 0.2) is 5.41 Å². The minimum atomic E-state index is -1.41. The smallest absolute Gasteiger partial charge is 0.323 e. The Morgan fingerprint density at radius 1 is 1.40 bits per heavy atom. The maximum absolute atomic E-state index is 11.6. The summed E-state index contributed by atoms with van der Waals surface area (Å²) < 4.78 is 4.79. The van der Waals surface area contributed by atoms with E-state index in [0.29, 0.717) is 6.42 Å². The van der Waals surface area contributed by atoms with Crippen molar-refractivity contribution in [1.29, 1.82) is 0 Å². The summed E-state index contributed by atoms with van der Waals surface area (Å²) in [5, 5.41) is 9.07. The minimum Gasteiger partial charge on any atom is -0.480 e. The summed E-state index contributed by atoms with van der Waals surface area (Å²) in [6.07, 6.45) is 1.17. The predicted molar refractivity (Wildman–Crippen MR) is 56.4 cm³/mol. The Morgan fingerprint density at radius 2 is 1.93 bits per heavy atom. The van der Waals surface area contributed by atoms with Crippen molar-refractivity contribution in [3.8, 4) is 0 Å². The molecule has 0 heterocycles. The van der Waals surface area contributed by atoms with Gasteiger partial charge in [-0.2, -0.15) is 0 Å². The number of ether oxygens (including phenoxy) is 1. The van der Waals surface area contributed by atoms with Crippen molar-refractivity contribution in [3.05, 3.63) is 0 Å². The van der Waals surface area contributed by atoms with Crippen LogP contribution in [0.25, 0.3) is 0 Å². The maximum atomic E-state index is 11.6. The van der Waals surface area contributed by atoms with E-state index in [9.17, 15) is 9.59 Å². The van der Waals surface area contributed by atoms with E-state index < -0.39 is 17.4 Å². The Kier molecular flexibility index (Phi) is 5.33. The molecule has 0 bridgehead atoms. The van der Waals surface area contributed by atoms with Crippen LogP contribution in [0.5, 0.6) is 0 Å². The summed E-state index contributed by atoms with van der Waals surface area (Å²) >= 11 is 0. The van der Waals surface area contributed by atoms with Crippen LogP contribution in [-0.2, 0) is 14.3 Å². The number of hydrogen-bond acceptors (Lipinski definition) is 3. The molecule has 0 aromatic rings. The van der Waals surface area contributed by atoms with E-state index in [4.69, 9.17) is 9.84 Å². The normalized spacial score (nSPS) is 16.5. The predicted octanol–water partition coefficient (Wildman–Crippen LogP) is 2.08. The molecule has 0 aliphatic carbocycles. The third-order valence-electron chi connectivity index (χ3n) is 2.65. The average Bonchev–Trinajstić information content (AvgIpc) is 2.17. The zero-order valence-corrected chi connectivity index (χ0v) is 9.87. The fraction of sp³-hybridized carbons (Fsp3) is 0.818. The van der Waals surface area contributed by atoms with Crippen molar-refractivity contribution in [2.75, 3.05) is 6.61 Å². The highest BCUT2D eigenvalue weighted by molar-refractivity contribution is 5.98. The molecular formula is C11H20O4. The lowest BCUT2D eigenvalue weighted by atomic mass is 9.80. The summed E-state index contributed by atoms with van der Waals surface area (Å²) in [7, 11) is 0. The van der Waals surface area contributed by atoms with Crippen LogP contribution in [0.3, 0.4) is 0 Å². The Morgan fingerprint density at radius 3 is 2.27 bits per heavy atom. The van der Waals surface area contributed by atoms with Gasteiger partial charge in [0.05, 0.1) is 6.61 Å². The summed E-state index contributed by atoms with van der Waals surface area (Å²) in [6, 6.07) is 0. The van der Waals surface area contributed by atoms with Crippen LogP contribution < -0.4 is 0 Å². The molecule has 1 N–H and O–H groups in total. The first-order chi connectivity index (χ1) is 6.88. The lowest BCUT2D eigenvalue weighted by molar-refractivity contribution is -0.168. The van der Waals surface area contributed by atoms with Crippen LogP contribution >= 0.6 is 0 Å². The van der Waals surface area contributed by atoms with Crippen molar-refractivity contribution in [1.82, 2.24) is 0 Å². The van der Waals surface area contributed by atoms with Gasteiger partial charge in [-0.1, -0.05) is 20.3 Å². The second kappa shape index (κ2) is 5.73. The first-order valence-electron chi connectivity index (χ1n) is 5.29. The molecule has 0 rings (SSSR count). The van der Waals surface area contributed by atoms with Crippen molar-refractivity contribution in [2.45, 2.75) is 40.5 Å². The summed E-state index contributed by atoms with van der Waals surface area (Å²) in [4.78, 5) is 22.6. The van der Waals surface area contributed by atoms with Gasteiger partial charge in [-0.25, -0.2) is 0 Å². The van der Waals surface area contributed by atoms with Gasteiger partial charge in [-0.3, -0.25) is 9.59 Å². The molecule has 0 amide bonds. The molecule has 88 valence electrons. The number of carbonyl (C=O) groups excluding carboxylic acids is 1. The van der Waals surface area contributed by atoms with E-state index in [0.717, 1.165) is 6.42 Å². The largest absolute Gasteiger partial charge is 0.480 e. The van der Waals surface area contributed by atoms with Gasteiger partial charge in [0.1, 0.15) is 0 Å². The average molecular weight is 216 g/mol. The zero-order valence-electron chi connectivity index (χ0n) is 9.87. The van der Waals surface area contributed by atoms with Crippen LogP contribution in [0.2, 0.25) is 0 Å². The van der Waals surface area contributed by atoms with Crippen molar-refractivity contribution in [3.63, 3.8) is 0 Å². The number of hydrogen-bond donors (Lipinski definition) is 1. The van der Waals surface area contributed by atoms with Crippen molar-refractivity contribution < 1.29 is 19.4 Å². The van der Waals surface area contributed by atoms with E-state index in [1.807, 2.05) is 13.8 Å². The summed E-state index contributed by atoms with van der Waals surface area (Å²) in [6.45, 7) is 7.21. The first kappa shape index (κ1) is 13.9. The van der Waals surface area contributed by atoms with Gasteiger partial charge in [-0.05, 0) is 26.2 Å². The third-order valence-corrected chi connectivity index (χ3v) is 2.65. The molecule has 0 spiro atoms. The highest BCUT2D eigenvalue weighted by Gasteiger charge is 2.43. The topological polar surface area (TPSA) is 63.6 Å². The van der Waals surface area contributed by atoms with E-state index in [1.54, 1.807) is 6.92 Å². The molecule has 0 aliphatic heterocycles. The number of carboxylic acid groups (broad SMARTS) is 1. The number of rotatable bonds is 6. The number of carbonyl (C=O) groups is 2. The van der Waals surface area contributed by atoms with E-state index >= 15 is 0 Å². The molecule has 0 saturated heterocycles. The van der Waals surface area contributed by atoms with Gasteiger partial charge < -0.3 is 9.84 Å². The first-order valence-corrected chi connectivity index (χ1v) is 5.29. The van der Waals surface area contributed by atoms with Gasteiger partial charge in [0.2, 0.25) is 0 Å². The molecule has 0 aromatic carbocycles. The molecule has 2 atom stereocenters. The summed E-state index contributed by atoms with van der Waals surface area (Å²) in [5.74, 6) is -1.56. The Hall–Kier alpha value is -1.06. The molecule has 0 fully saturated rings. The molecule has 0 radical (unpaired) electrons. The van der Waals surface area contributed by atoms with Crippen LogP contribution in [0.1, 0.15) is 40.5 Å². The Balaban J connectivity index is 4.73. The van der Waals surface area contributed by atoms with Crippen LogP contribution in [-0.4, -0.2) is 23.7 Å². The molecule has 0 aromatic heterocycles. The molecule has 4 heteroatoms. The minimum absolute atomic E-state index is 0.190. The lowest BCUT2D eigenvalue weighted by Gasteiger charge is -2.25. The molecule has 0 aliphatic rings. The van der Waals surface area contributed by atoms with Gasteiger partial charge in [-0.15, -0.1) is 0 Å². The number of carboxylic acids is 1. The molecule has 0 saturated carbocycles. The number of esters is 1. The van der Waals surface area contributed by atoms with Crippen molar-refractivity contribution in [2.24, 2.45) is 11.3 Å². The molecule has 15 heavy (non-hydrogen) atoms. The van der Waals surface area contributed by atoms with E-state index in [-0.39, 0.29) is 12.5 Å². The Bertz CT molecular complexity index is 237. The fourth-order valence-electron chi connectivity index (χ4n) is 1.39. The Labute approximate surface area is 90.6 Å². The highest BCUT2D eigenvalue weighted by Crippen LogP contribution is 2.29. The number of aliphatic carboxylic acids is 1. The third kappa shape index (κ3) is 3.53. The standard InChI is InChI=1S/C11H20O4/c1-5-8(3)7-11(4,9(12)13)10(14)15-6-2/h8H,5-7H2,1-4H3,(H,12,13). The van der Waals surface area contributed by atoms with Crippen LogP contribution in [0, 0.1) is 11.3 Å². The van der Waals surface area contributed by atoms with E-state index in [2.05, 4.69) is 0 Å². The van der Waals surface area contributed by atoms with Gasteiger partial charge >= 0.3 is 11.9 Å².